The van der Waals surface area contributed by atoms with Crippen LogP contribution in [0, 0.1) is 5.82 Å². The highest BCUT2D eigenvalue weighted by atomic mass is 32.2. The summed E-state index contributed by atoms with van der Waals surface area (Å²) in [6.45, 7) is 1.36. The van der Waals surface area contributed by atoms with E-state index in [1.165, 1.54) is 18.2 Å². The first kappa shape index (κ1) is 16.6. The Balaban J connectivity index is 2.09. The number of sulfonamides is 1. The molecule has 6 heteroatoms. The Morgan fingerprint density at radius 3 is 2.21 bits per heavy atom. The van der Waals surface area contributed by atoms with Gasteiger partial charge in [-0.1, -0.05) is 30.3 Å². The van der Waals surface area contributed by atoms with Crippen molar-refractivity contribution in [3.05, 3.63) is 66.0 Å². The van der Waals surface area contributed by atoms with Crippen molar-refractivity contribution in [3.63, 3.8) is 0 Å². The molecular weight excluding hydrogens is 327 g/mol. The molecule has 0 N–H and O–H groups in total. The van der Waals surface area contributed by atoms with Gasteiger partial charge in [0.05, 0.1) is 10.5 Å². The van der Waals surface area contributed by atoms with Crippen LogP contribution in [0.2, 0.25) is 0 Å². The van der Waals surface area contributed by atoms with E-state index < -0.39 is 15.8 Å². The van der Waals surface area contributed by atoms with Crippen LogP contribution in [-0.4, -0.2) is 32.2 Å². The van der Waals surface area contributed by atoms with Crippen molar-refractivity contribution in [1.82, 2.24) is 4.90 Å². The van der Waals surface area contributed by atoms with Gasteiger partial charge in [0.25, 0.3) is 10.0 Å². The van der Waals surface area contributed by atoms with Gasteiger partial charge in [-0.25, -0.2) is 4.39 Å². The van der Waals surface area contributed by atoms with Crippen molar-refractivity contribution < 1.29 is 12.8 Å². The number of rotatable bonds is 3. The van der Waals surface area contributed by atoms with Crippen LogP contribution in [0.4, 0.5) is 4.39 Å². The number of amidine groups is 1. The minimum atomic E-state index is -3.89. The smallest absolute Gasteiger partial charge is 0.284 e. The lowest BCUT2D eigenvalue weighted by molar-refractivity contribution is 0.342. The van der Waals surface area contributed by atoms with Crippen molar-refractivity contribution in [2.45, 2.75) is 24.2 Å². The van der Waals surface area contributed by atoms with Crippen LogP contribution in [0.5, 0.6) is 0 Å². The molecule has 0 atom stereocenters. The van der Waals surface area contributed by atoms with E-state index in [-0.39, 0.29) is 16.3 Å². The summed E-state index contributed by atoms with van der Waals surface area (Å²) in [7, 11) is -3.89. The van der Waals surface area contributed by atoms with Crippen LogP contribution >= 0.6 is 0 Å². The van der Waals surface area contributed by atoms with Gasteiger partial charge in [0.1, 0.15) is 5.82 Å². The predicted octanol–water partition coefficient (Wildman–Crippen LogP) is 3.45. The van der Waals surface area contributed by atoms with E-state index >= 15 is 0 Å². The zero-order valence-electron chi connectivity index (χ0n) is 13.2. The summed E-state index contributed by atoms with van der Waals surface area (Å²) in [4.78, 5) is 1.97. The molecule has 126 valence electrons. The van der Waals surface area contributed by atoms with Gasteiger partial charge in [-0.15, -0.1) is 4.40 Å². The van der Waals surface area contributed by atoms with E-state index in [0.717, 1.165) is 19.3 Å². The van der Waals surface area contributed by atoms with E-state index in [1.807, 2.05) is 4.90 Å². The van der Waals surface area contributed by atoms with Gasteiger partial charge < -0.3 is 4.90 Å². The van der Waals surface area contributed by atoms with Gasteiger partial charge in [0.2, 0.25) is 0 Å². The second kappa shape index (κ2) is 7.13. The van der Waals surface area contributed by atoms with Crippen molar-refractivity contribution in [2.24, 2.45) is 4.40 Å². The van der Waals surface area contributed by atoms with Crippen molar-refractivity contribution in [2.75, 3.05) is 13.1 Å². The summed E-state index contributed by atoms with van der Waals surface area (Å²) in [6.07, 6.45) is 2.98. The normalized spacial score (nSPS) is 16.2. The molecule has 0 amide bonds. The molecule has 0 spiro atoms. The molecule has 1 aliphatic heterocycles. The van der Waals surface area contributed by atoms with Crippen LogP contribution in [0.25, 0.3) is 0 Å². The van der Waals surface area contributed by atoms with Crippen LogP contribution in [0.15, 0.2) is 63.9 Å². The SMILES string of the molecule is O=S(=O)(/N=C(\c1ccccc1F)N1CCCCC1)c1ccccc1. The molecule has 2 aromatic rings. The number of likely N-dealkylation sites (tertiary alicyclic amines) is 1. The number of hydrogen-bond donors (Lipinski definition) is 0. The van der Waals surface area contributed by atoms with Gasteiger partial charge >= 0.3 is 0 Å². The number of halogens is 1. The zero-order chi connectivity index (χ0) is 17.0. The Morgan fingerprint density at radius 2 is 1.54 bits per heavy atom. The molecule has 1 heterocycles. The number of piperidine rings is 1. The molecule has 1 fully saturated rings. The molecule has 3 rings (SSSR count). The van der Waals surface area contributed by atoms with Gasteiger partial charge in [0, 0.05) is 13.1 Å². The summed E-state index contributed by atoms with van der Waals surface area (Å²) in [5.74, 6) is -0.276. The van der Waals surface area contributed by atoms with E-state index in [4.69, 9.17) is 0 Å². The first-order valence-corrected chi connectivity index (χ1v) is 9.42. The maximum absolute atomic E-state index is 14.3. The molecule has 0 unspecified atom stereocenters. The average Bonchev–Trinajstić information content (AvgIpc) is 2.62. The first-order valence-electron chi connectivity index (χ1n) is 7.98. The van der Waals surface area contributed by atoms with Gasteiger partial charge in [0.15, 0.2) is 5.84 Å². The molecule has 0 aliphatic carbocycles. The zero-order valence-corrected chi connectivity index (χ0v) is 14.0. The van der Waals surface area contributed by atoms with Gasteiger partial charge in [-0.05, 0) is 43.5 Å². The summed E-state index contributed by atoms with van der Waals surface area (Å²) in [5, 5.41) is 0. The van der Waals surface area contributed by atoms with Crippen molar-refractivity contribution in [3.8, 4) is 0 Å². The molecule has 0 saturated carbocycles. The molecule has 0 radical (unpaired) electrons. The van der Waals surface area contributed by atoms with Gasteiger partial charge in [-0.2, -0.15) is 8.42 Å². The second-order valence-electron chi connectivity index (χ2n) is 5.73. The number of nitrogens with zero attached hydrogens (tertiary/aromatic N) is 2. The lowest BCUT2D eigenvalue weighted by Gasteiger charge is -2.29. The lowest BCUT2D eigenvalue weighted by Crippen LogP contribution is -2.37. The van der Waals surface area contributed by atoms with Crippen LogP contribution in [0.3, 0.4) is 0 Å². The molecule has 2 aromatic carbocycles. The molecule has 24 heavy (non-hydrogen) atoms. The molecule has 0 bridgehead atoms. The Bertz CT molecular complexity index is 829. The molecule has 1 aliphatic rings. The Morgan fingerprint density at radius 1 is 0.917 bits per heavy atom. The van der Waals surface area contributed by atoms with E-state index in [0.29, 0.717) is 13.1 Å². The van der Waals surface area contributed by atoms with Crippen molar-refractivity contribution in [1.29, 1.82) is 0 Å². The third-order valence-corrected chi connectivity index (χ3v) is 5.30. The third kappa shape index (κ3) is 3.64. The van der Waals surface area contributed by atoms with E-state index in [2.05, 4.69) is 4.40 Å². The molecule has 1 saturated heterocycles. The monoisotopic (exact) mass is 346 g/mol. The summed E-state index contributed by atoms with van der Waals surface area (Å²) >= 11 is 0. The highest BCUT2D eigenvalue weighted by Crippen LogP contribution is 2.20. The highest BCUT2D eigenvalue weighted by Gasteiger charge is 2.23. The predicted molar refractivity (Wildman–Crippen MR) is 92.0 cm³/mol. The maximum Gasteiger partial charge on any atom is 0.284 e. The molecule has 0 aromatic heterocycles. The third-order valence-electron chi connectivity index (χ3n) is 4.02. The average molecular weight is 346 g/mol. The number of hydrogen-bond acceptors (Lipinski definition) is 2. The standard InChI is InChI=1S/C18H19FN2O2S/c19-17-12-6-5-11-16(17)18(21-13-7-2-8-14-21)20-24(22,23)15-9-3-1-4-10-15/h1,3-6,9-12H,2,7-8,13-14H2/b20-18+. The first-order chi connectivity index (χ1) is 11.6. The Hall–Kier alpha value is -2.21. The summed E-state index contributed by atoms with van der Waals surface area (Å²) in [5.41, 5.74) is 0.221. The Labute approximate surface area is 141 Å². The van der Waals surface area contributed by atoms with E-state index in [9.17, 15) is 12.8 Å². The summed E-state index contributed by atoms with van der Waals surface area (Å²) in [6, 6.07) is 14.2. The fourth-order valence-electron chi connectivity index (χ4n) is 2.78. The fourth-order valence-corrected chi connectivity index (χ4v) is 3.83. The highest BCUT2D eigenvalue weighted by molar-refractivity contribution is 7.90. The Kier molecular flexibility index (Phi) is 4.94. The van der Waals surface area contributed by atoms with Crippen molar-refractivity contribution >= 4 is 15.9 Å². The second-order valence-corrected chi connectivity index (χ2v) is 7.33. The van der Waals surface area contributed by atoms with Crippen LogP contribution in [-0.2, 0) is 10.0 Å². The molecular formula is C18H19FN2O2S. The van der Waals surface area contributed by atoms with Gasteiger partial charge in [-0.3, -0.25) is 0 Å². The van der Waals surface area contributed by atoms with E-state index in [1.54, 1.807) is 36.4 Å². The summed E-state index contributed by atoms with van der Waals surface area (Å²) < 4.78 is 43.5. The molecule has 4 nitrogen and oxygen atoms in total. The van der Waals surface area contributed by atoms with Crippen LogP contribution < -0.4 is 0 Å². The largest absolute Gasteiger partial charge is 0.355 e. The number of benzene rings is 2. The van der Waals surface area contributed by atoms with Crippen LogP contribution in [0.1, 0.15) is 24.8 Å². The maximum atomic E-state index is 14.3. The fraction of sp³-hybridized carbons (Fsp3) is 0.278. The topological polar surface area (TPSA) is 49.7 Å². The minimum absolute atomic E-state index is 0.107. The lowest BCUT2D eigenvalue weighted by atomic mass is 10.1. The quantitative estimate of drug-likeness (QED) is 0.632. The minimum Gasteiger partial charge on any atom is -0.355 e.